The molecule has 1 aliphatic rings. The van der Waals surface area contributed by atoms with Crippen LogP contribution in [0.5, 0.6) is 0 Å². The van der Waals surface area contributed by atoms with Crippen LogP contribution < -0.4 is 4.90 Å². The molecule has 4 heteroatoms. The highest BCUT2D eigenvalue weighted by Gasteiger charge is 2.30. The highest BCUT2D eigenvalue weighted by Crippen LogP contribution is 2.30. The van der Waals surface area contributed by atoms with E-state index in [-0.39, 0.29) is 5.91 Å². The summed E-state index contributed by atoms with van der Waals surface area (Å²) in [5.74, 6) is -0.00127. The number of nitrogens with zero attached hydrogens (tertiary/aromatic N) is 2. The van der Waals surface area contributed by atoms with Crippen molar-refractivity contribution >= 4 is 34.1 Å². The number of carbonyl (C=O) groups is 1. The minimum atomic E-state index is -0.00127. The molecule has 1 aromatic heterocycles. The van der Waals surface area contributed by atoms with E-state index in [4.69, 9.17) is 11.6 Å². The van der Waals surface area contributed by atoms with Crippen molar-refractivity contribution in [1.29, 1.82) is 0 Å². The highest BCUT2D eigenvalue weighted by atomic mass is 35.5. The largest absolute Gasteiger partial charge is 0.302 e. The van der Waals surface area contributed by atoms with Gasteiger partial charge in [-0.2, -0.15) is 0 Å². The summed E-state index contributed by atoms with van der Waals surface area (Å²) >= 11 is 6.04. The van der Waals surface area contributed by atoms with Crippen LogP contribution in [0.4, 0.5) is 5.69 Å². The van der Waals surface area contributed by atoms with E-state index in [2.05, 4.69) is 24.0 Å². The zero-order chi connectivity index (χ0) is 16.0. The molecule has 2 aromatic carbocycles. The third kappa shape index (κ3) is 2.37. The Bertz CT molecular complexity index is 919. The highest BCUT2D eigenvalue weighted by molar-refractivity contribution is 6.31. The summed E-state index contributed by atoms with van der Waals surface area (Å²) in [7, 11) is 0. The number of aryl methyl sites for hydroxylation is 1. The van der Waals surface area contributed by atoms with E-state index in [1.165, 1.54) is 5.56 Å². The monoisotopic (exact) mass is 322 g/mol. The van der Waals surface area contributed by atoms with Gasteiger partial charge in [-0.15, -0.1) is 0 Å². The lowest BCUT2D eigenvalue weighted by Crippen LogP contribution is -2.22. The maximum Gasteiger partial charge on any atom is 0.260 e. The number of rotatable bonds is 2. The smallest absolute Gasteiger partial charge is 0.260 e. The molecule has 114 valence electrons. The molecule has 0 fully saturated rings. The number of hydrogen-bond donors (Lipinski definition) is 0. The molecule has 0 aliphatic carbocycles. The van der Waals surface area contributed by atoms with Crippen molar-refractivity contribution < 1.29 is 4.79 Å². The van der Waals surface area contributed by atoms with Crippen LogP contribution in [-0.4, -0.2) is 10.9 Å². The van der Waals surface area contributed by atoms with Gasteiger partial charge in [-0.05, 0) is 48.4 Å². The Morgan fingerprint density at radius 2 is 1.91 bits per heavy atom. The zero-order valence-electron chi connectivity index (χ0n) is 12.7. The second-order valence-electron chi connectivity index (χ2n) is 5.73. The molecular weight excluding hydrogens is 308 g/mol. The van der Waals surface area contributed by atoms with E-state index in [1.807, 2.05) is 36.4 Å². The van der Waals surface area contributed by atoms with Crippen molar-refractivity contribution in [2.24, 2.45) is 0 Å². The van der Waals surface area contributed by atoms with Crippen molar-refractivity contribution in [3.63, 3.8) is 0 Å². The predicted molar refractivity (Wildman–Crippen MR) is 93.1 cm³/mol. The topological polar surface area (TPSA) is 33.2 Å². The second kappa shape index (κ2) is 5.36. The van der Waals surface area contributed by atoms with Gasteiger partial charge in [0.2, 0.25) is 0 Å². The number of amides is 1. The van der Waals surface area contributed by atoms with E-state index in [0.717, 1.165) is 28.7 Å². The van der Waals surface area contributed by atoms with Crippen molar-refractivity contribution in [3.8, 4) is 0 Å². The van der Waals surface area contributed by atoms with E-state index in [1.54, 1.807) is 4.90 Å². The summed E-state index contributed by atoms with van der Waals surface area (Å²) in [6, 6.07) is 15.6. The minimum Gasteiger partial charge on any atom is -0.302 e. The Labute approximate surface area is 139 Å². The molecule has 0 bridgehead atoms. The first kappa shape index (κ1) is 14.2. The van der Waals surface area contributed by atoms with Crippen molar-refractivity contribution in [1.82, 2.24) is 4.98 Å². The Hall–Kier alpha value is -2.39. The number of anilines is 1. The molecule has 0 spiro atoms. The number of fused-ring (bicyclic) bond motifs is 2. The molecule has 0 N–H and O–H groups in total. The fraction of sp³-hybridized carbons (Fsp3) is 0.158. The summed E-state index contributed by atoms with van der Waals surface area (Å²) in [5, 5.41) is 1.55. The van der Waals surface area contributed by atoms with E-state index in [9.17, 15) is 4.79 Å². The fourth-order valence-electron chi connectivity index (χ4n) is 2.98. The van der Waals surface area contributed by atoms with Gasteiger partial charge in [0.25, 0.3) is 5.91 Å². The predicted octanol–water partition coefficient (Wildman–Crippen LogP) is 4.61. The van der Waals surface area contributed by atoms with E-state index >= 15 is 0 Å². The van der Waals surface area contributed by atoms with Gasteiger partial charge in [-0.25, -0.2) is 0 Å². The molecule has 0 atom stereocenters. The maximum absolute atomic E-state index is 12.7. The van der Waals surface area contributed by atoms with E-state index < -0.39 is 0 Å². The normalized spacial score (nSPS) is 13.7. The number of pyridine rings is 1. The van der Waals surface area contributed by atoms with Crippen LogP contribution in [0.3, 0.4) is 0 Å². The Morgan fingerprint density at radius 3 is 2.65 bits per heavy atom. The summed E-state index contributed by atoms with van der Waals surface area (Å²) in [6.45, 7) is 2.63. The lowest BCUT2D eigenvalue weighted by atomic mass is 10.1. The van der Waals surface area contributed by atoms with Gasteiger partial charge < -0.3 is 4.90 Å². The fourth-order valence-corrected chi connectivity index (χ4v) is 3.16. The molecule has 0 saturated heterocycles. The number of halogens is 1. The molecule has 1 aliphatic heterocycles. The zero-order valence-corrected chi connectivity index (χ0v) is 13.5. The first-order chi connectivity index (χ1) is 11.2. The number of hydrogen-bond acceptors (Lipinski definition) is 2. The Kier molecular flexibility index (Phi) is 3.31. The lowest BCUT2D eigenvalue weighted by molar-refractivity contribution is 0.0996. The van der Waals surface area contributed by atoms with Gasteiger partial charge in [0, 0.05) is 16.1 Å². The van der Waals surface area contributed by atoms with Crippen LogP contribution in [0, 0.1) is 0 Å². The quantitative estimate of drug-likeness (QED) is 0.690. The van der Waals surface area contributed by atoms with Gasteiger partial charge in [0.1, 0.15) is 0 Å². The van der Waals surface area contributed by atoms with Gasteiger partial charge in [-0.3, -0.25) is 9.78 Å². The molecule has 0 radical (unpaired) electrons. The molecule has 1 amide bonds. The first-order valence-electron chi connectivity index (χ1n) is 7.65. The maximum atomic E-state index is 12.7. The Morgan fingerprint density at radius 1 is 1.13 bits per heavy atom. The summed E-state index contributed by atoms with van der Waals surface area (Å²) in [4.78, 5) is 19.1. The van der Waals surface area contributed by atoms with Crippen LogP contribution >= 0.6 is 11.6 Å². The first-order valence-corrected chi connectivity index (χ1v) is 8.03. The van der Waals surface area contributed by atoms with Gasteiger partial charge in [0.15, 0.2) is 0 Å². The molecule has 23 heavy (non-hydrogen) atoms. The standard InChI is InChI=1S/C19H15ClN2O/c1-2-12-3-6-15(7-4-12)22-11-18-16(19(22)23)10-13-9-14(20)5-8-17(13)21-18/h3-10H,2,11H2,1H3. The van der Waals surface area contributed by atoms with Crippen LogP contribution in [0.15, 0.2) is 48.5 Å². The second-order valence-corrected chi connectivity index (χ2v) is 6.17. The molecule has 0 unspecified atom stereocenters. The number of aromatic nitrogens is 1. The van der Waals surface area contributed by atoms with Gasteiger partial charge in [-0.1, -0.05) is 30.7 Å². The van der Waals surface area contributed by atoms with Crippen LogP contribution in [0.25, 0.3) is 10.9 Å². The lowest BCUT2D eigenvalue weighted by Gasteiger charge is -2.15. The molecule has 3 aromatic rings. The van der Waals surface area contributed by atoms with Gasteiger partial charge in [0.05, 0.1) is 23.3 Å². The summed E-state index contributed by atoms with van der Waals surface area (Å²) in [6.07, 6.45) is 0.988. The number of benzene rings is 2. The van der Waals surface area contributed by atoms with Crippen molar-refractivity contribution in [3.05, 3.63) is 70.4 Å². The van der Waals surface area contributed by atoms with Crippen LogP contribution in [0.2, 0.25) is 5.02 Å². The van der Waals surface area contributed by atoms with Gasteiger partial charge >= 0.3 is 0 Å². The number of carbonyl (C=O) groups excluding carboxylic acids is 1. The van der Waals surface area contributed by atoms with E-state index in [0.29, 0.717) is 17.1 Å². The average molecular weight is 323 g/mol. The third-order valence-corrected chi connectivity index (χ3v) is 4.53. The average Bonchev–Trinajstić information content (AvgIpc) is 2.89. The SMILES string of the molecule is CCc1ccc(N2Cc3nc4ccc(Cl)cc4cc3C2=O)cc1. The van der Waals surface area contributed by atoms with Crippen molar-refractivity contribution in [2.75, 3.05) is 4.90 Å². The van der Waals surface area contributed by atoms with Crippen molar-refractivity contribution in [2.45, 2.75) is 19.9 Å². The Balaban J connectivity index is 1.75. The van der Waals surface area contributed by atoms with Crippen LogP contribution in [-0.2, 0) is 13.0 Å². The third-order valence-electron chi connectivity index (χ3n) is 4.30. The molecule has 0 saturated carbocycles. The molecular formula is C19H15ClN2O. The van der Waals surface area contributed by atoms with Crippen LogP contribution in [0.1, 0.15) is 28.5 Å². The minimum absolute atomic E-state index is 0.00127. The molecule has 2 heterocycles. The summed E-state index contributed by atoms with van der Waals surface area (Å²) < 4.78 is 0. The molecule has 3 nitrogen and oxygen atoms in total. The molecule has 4 rings (SSSR count). The summed E-state index contributed by atoms with van der Waals surface area (Å²) in [5.41, 5.74) is 4.52.